The first-order valence-corrected chi connectivity index (χ1v) is 5.87. The van der Waals surface area contributed by atoms with Gasteiger partial charge in [-0.3, -0.25) is 4.90 Å². The molecule has 0 spiro atoms. The summed E-state index contributed by atoms with van der Waals surface area (Å²) in [7, 11) is 2.25. The fourth-order valence-electron chi connectivity index (χ4n) is 3.63. The van der Waals surface area contributed by atoms with E-state index in [-0.39, 0.29) is 0 Å². The minimum atomic E-state index is 0.368. The molecular weight excluding hydrogens is 170 g/mol. The Morgan fingerprint density at radius 3 is 1.57 bits per heavy atom. The molecule has 0 aromatic carbocycles. The summed E-state index contributed by atoms with van der Waals surface area (Å²) in [6, 6.07) is 0. The van der Waals surface area contributed by atoms with Crippen molar-refractivity contribution in [3.63, 3.8) is 0 Å². The molecule has 0 aromatic rings. The highest BCUT2D eigenvalue weighted by Gasteiger charge is 2.59. The summed E-state index contributed by atoms with van der Waals surface area (Å²) < 4.78 is 0. The lowest BCUT2D eigenvalue weighted by Crippen LogP contribution is -2.76. The molecule has 1 aliphatic rings. The van der Waals surface area contributed by atoms with Crippen LogP contribution in [-0.2, 0) is 0 Å². The molecule has 1 unspecified atom stereocenters. The van der Waals surface area contributed by atoms with Crippen molar-refractivity contribution in [2.45, 2.75) is 59.5 Å². The maximum absolute atomic E-state index is 2.52. The maximum atomic E-state index is 2.52. The summed E-state index contributed by atoms with van der Waals surface area (Å²) in [5.74, 6) is 2.39. The zero-order valence-corrected chi connectivity index (χ0v) is 11.2. The lowest BCUT2D eigenvalue weighted by atomic mass is 9.56. The van der Waals surface area contributed by atoms with E-state index in [9.17, 15) is 0 Å². The van der Waals surface area contributed by atoms with Crippen molar-refractivity contribution in [3.8, 4) is 0 Å². The Morgan fingerprint density at radius 1 is 0.929 bits per heavy atom. The zero-order chi connectivity index (χ0) is 11.3. The van der Waals surface area contributed by atoms with Gasteiger partial charge in [0.05, 0.1) is 0 Å². The quantitative estimate of drug-likeness (QED) is 0.656. The van der Waals surface area contributed by atoms with E-state index in [0.717, 1.165) is 17.8 Å². The number of likely N-dealkylation sites (tertiary alicyclic amines) is 1. The summed E-state index contributed by atoms with van der Waals surface area (Å²) in [4.78, 5) is 2.52. The van der Waals surface area contributed by atoms with Gasteiger partial charge in [0.15, 0.2) is 0 Å². The van der Waals surface area contributed by atoms with Crippen molar-refractivity contribution in [3.05, 3.63) is 0 Å². The molecule has 1 rings (SSSR count). The van der Waals surface area contributed by atoms with Crippen LogP contribution in [0.3, 0.4) is 0 Å². The number of hydrogen-bond acceptors (Lipinski definition) is 1. The number of hydrogen-bond donors (Lipinski definition) is 0. The second-order valence-corrected chi connectivity index (χ2v) is 6.45. The Kier molecular flexibility index (Phi) is 2.78. The van der Waals surface area contributed by atoms with E-state index >= 15 is 0 Å². The topological polar surface area (TPSA) is 3.24 Å². The molecular formula is C13H27N. The molecule has 1 nitrogen and oxygen atoms in total. The molecule has 0 saturated carbocycles. The fourth-order valence-corrected chi connectivity index (χ4v) is 3.63. The van der Waals surface area contributed by atoms with E-state index in [1.165, 1.54) is 0 Å². The van der Waals surface area contributed by atoms with Gasteiger partial charge in [0.2, 0.25) is 0 Å². The van der Waals surface area contributed by atoms with Crippen LogP contribution in [-0.4, -0.2) is 23.0 Å². The Hall–Kier alpha value is -0.0400. The molecule has 14 heavy (non-hydrogen) atoms. The minimum absolute atomic E-state index is 0.368. The summed E-state index contributed by atoms with van der Waals surface area (Å²) in [5, 5.41) is 0. The van der Waals surface area contributed by atoms with Gasteiger partial charge in [0.25, 0.3) is 0 Å². The maximum Gasteiger partial charge on any atom is 0.0203 e. The highest BCUT2D eigenvalue weighted by molar-refractivity contribution is 5.13. The van der Waals surface area contributed by atoms with Crippen molar-refractivity contribution >= 4 is 0 Å². The van der Waals surface area contributed by atoms with E-state index in [0.29, 0.717) is 11.1 Å². The lowest BCUT2D eigenvalue weighted by Gasteiger charge is -2.68. The Labute approximate surface area is 89.9 Å². The first-order valence-electron chi connectivity index (χ1n) is 5.87. The molecule has 1 atom stereocenters. The molecule has 0 aromatic heterocycles. The van der Waals surface area contributed by atoms with Crippen LogP contribution in [0.2, 0.25) is 0 Å². The molecule has 0 radical (unpaired) electrons. The molecule has 0 N–H and O–H groups in total. The van der Waals surface area contributed by atoms with Gasteiger partial charge in [-0.05, 0) is 52.5 Å². The minimum Gasteiger partial charge on any atom is -0.295 e. The highest BCUT2D eigenvalue weighted by atomic mass is 15.3. The summed E-state index contributed by atoms with van der Waals surface area (Å²) >= 11 is 0. The average molecular weight is 197 g/mol. The summed E-state index contributed by atoms with van der Waals surface area (Å²) in [6.07, 6.45) is 0. The second kappa shape index (κ2) is 3.23. The molecule has 1 aliphatic heterocycles. The van der Waals surface area contributed by atoms with Crippen LogP contribution in [0, 0.1) is 17.8 Å². The van der Waals surface area contributed by atoms with Crippen LogP contribution in [0.5, 0.6) is 0 Å². The van der Waals surface area contributed by atoms with E-state index in [4.69, 9.17) is 0 Å². The predicted octanol–water partition coefficient (Wildman–Crippen LogP) is 3.40. The third-order valence-electron chi connectivity index (χ3n) is 4.83. The molecule has 0 amide bonds. The van der Waals surface area contributed by atoms with Crippen molar-refractivity contribution in [2.24, 2.45) is 17.8 Å². The van der Waals surface area contributed by atoms with Crippen LogP contribution in [0.4, 0.5) is 0 Å². The zero-order valence-electron chi connectivity index (χ0n) is 11.2. The lowest BCUT2D eigenvalue weighted by molar-refractivity contribution is -0.183. The predicted molar refractivity (Wildman–Crippen MR) is 63.4 cm³/mol. The standard InChI is InChI=1S/C13H27N/c1-9(2)10(3)11-12(4,5)14(8)13(11,6)7/h9-11H,1-8H3. The van der Waals surface area contributed by atoms with Crippen LogP contribution in [0.25, 0.3) is 0 Å². The third kappa shape index (κ3) is 1.41. The normalized spacial score (nSPS) is 28.9. The van der Waals surface area contributed by atoms with E-state index in [1.807, 2.05) is 0 Å². The van der Waals surface area contributed by atoms with Gasteiger partial charge in [-0.15, -0.1) is 0 Å². The monoisotopic (exact) mass is 197 g/mol. The van der Waals surface area contributed by atoms with Crippen LogP contribution >= 0.6 is 0 Å². The highest BCUT2D eigenvalue weighted by Crippen LogP contribution is 2.53. The fraction of sp³-hybridized carbons (Fsp3) is 1.00. The Bertz CT molecular complexity index is 199. The summed E-state index contributed by atoms with van der Waals surface area (Å²) in [5.41, 5.74) is 0.736. The smallest absolute Gasteiger partial charge is 0.0203 e. The largest absolute Gasteiger partial charge is 0.295 e. The van der Waals surface area contributed by atoms with Crippen molar-refractivity contribution in [1.82, 2.24) is 4.90 Å². The first kappa shape index (κ1) is 12.0. The van der Waals surface area contributed by atoms with Gasteiger partial charge in [-0.1, -0.05) is 20.8 Å². The number of rotatable bonds is 2. The first-order chi connectivity index (χ1) is 6.13. The summed E-state index contributed by atoms with van der Waals surface area (Å²) in [6.45, 7) is 16.6. The molecule has 84 valence electrons. The van der Waals surface area contributed by atoms with Crippen LogP contribution in [0.15, 0.2) is 0 Å². The van der Waals surface area contributed by atoms with Gasteiger partial charge in [0, 0.05) is 11.1 Å². The molecule has 0 aliphatic carbocycles. The second-order valence-electron chi connectivity index (χ2n) is 6.45. The van der Waals surface area contributed by atoms with Crippen molar-refractivity contribution in [2.75, 3.05) is 7.05 Å². The van der Waals surface area contributed by atoms with Gasteiger partial charge in [-0.25, -0.2) is 0 Å². The van der Waals surface area contributed by atoms with Crippen LogP contribution < -0.4 is 0 Å². The molecule has 1 fully saturated rings. The van der Waals surface area contributed by atoms with Crippen molar-refractivity contribution in [1.29, 1.82) is 0 Å². The number of nitrogens with zero attached hydrogens (tertiary/aromatic N) is 1. The molecule has 1 heterocycles. The average Bonchev–Trinajstić information content (AvgIpc) is 2.01. The molecule has 1 heteroatoms. The van der Waals surface area contributed by atoms with Crippen molar-refractivity contribution < 1.29 is 0 Å². The van der Waals surface area contributed by atoms with Gasteiger partial charge in [-0.2, -0.15) is 0 Å². The van der Waals surface area contributed by atoms with E-state index in [1.54, 1.807) is 0 Å². The molecule has 1 saturated heterocycles. The van der Waals surface area contributed by atoms with Crippen LogP contribution in [0.1, 0.15) is 48.5 Å². The third-order valence-corrected chi connectivity index (χ3v) is 4.83. The van der Waals surface area contributed by atoms with Gasteiger partial charge in [0.1, 0.15) is 0 Å². The van der Waals surface area contributed by atoms with Gasteiger partial charge < -0.3 is 0 Å². The van der Waals surface area contributed by atoms with E-state index in [2.05, 4.69) is 60.4 Å². The van der Waals surface area contributed by atoms with E-state index < -0.39 is 0 Å². The van der Waals surface area contributed by atoms with Gasteiger partial charge >= 0.3 is 0 Å². The molecule has 0 bridgehead atoms. The Morgan fingerprint density at radius 2 is 1.29 bits per heavy atom. The SMILES string of the molecule is CC(C)C(C)C1C(C)(C)N(C)C1(C)C. The Balaban J connectivity index is 2.88.